The normalized spacial score (nSPS) is 13.3. The third-order valence-electron chi connectivity index (χ3n) is 6.94. The number of ketones is 1. The summed E-state index contributed by atoms with van der Waals surface area (Å²) in [4.78, 5) is 17.0. The van der Waals surface area contributed by atoms with Gasteiger partial charge in [0.1, 0.15) is 0 Å². The van der Waals surface area contributed by atoms with E-state index < -0.39 is 0 Å². The van der Waals surface area contributed by atoms with Crippen LogP contribution in [0.3, 0.4) is 0 Å². The number of aryl methyl sites for hydroxylation is 2. The molecule has 1 aliphatic carbocycles. The Balaban J connectivity index is 1.81. The number of fused-ring (bicyclic) bond motifs is 3. The lowest BCUT2D eigenvalue weighted by Gasteiger charge is -2.24. The number of allylic oxidation sites excluding steroid dienone is 2. The second-order valence-electron chi connectivity index (χ2n) is 8.82. The minimum Gasteiger partial charge on any atom is -0.290 e. The van der Waals surface area contributed by atoms with Gasteiger partial charge >= 0.3 is 0 Å². The smallest absolute Gasteiger partial charge is 0.273 e. The molecule has 3 nitrogen and oxygen atoms in total. The number of carbonyl (C=O) groups excluding carboxylic acids is 1. The first kappa shape index (κ1) is 23.0. The maximum absolute atomic E-state index is 13.6. The second kappa shape index (κ2) is 9.49. The molecule has 0 fully saturated rings. The number of Topliss-reactive ketones (excluding diaryl/α,β-unsaturated/α-hetero) is 1. The SMILES string of the molecule is [C-]#[N+]/C(C#N)=C1\C(=O)c2ccc(-c3ccccc3CC)cc2-c2cc(-c3ccccc3CC)ccc21. The Labute approximate surface area is 211 Å². The highest BCUT2D eigenvalue weighted by atomic mass is 16.1. The summed E-state index contributed by atoms with van der Waals surface area (Å²) in [5, 5.41) is 9.65. The molecule has 0 saturated carbocycles. The molecular weight excluding hydrogens is 440 g/mol. The zero-order valence-corrected chi connectivity index (χ0v) is 20.3. The molecule has 4 aromatic rings. The standard InChI is InChI=1S/C33H24N2O/c1-4-21-10-6-8-12-25(21)23-14-16-27-29(18-23)30-19-24(26-13-9-7-11-22(26)5-2)15-17-28(30)33(36)32(27)31(20-34)35-3/h6-19H,4-5H2,1-2H3/b32-31-. The molecule has 3 heteroatoms. The van der Waals surface area contributed by atoms with Crippen molar-refractivity contribution in [2.75, 3.05) is 0 Å². The highest BCUT2D eigenvalue weighted by Gasteiger charge is 2.30. The van der Waals surface area contributed by atoms with Crippen LogP contribution in [0.5, 0.6) is 0 Å². The van der Waals surface area contributed by atoms with Gasteiger partial charge in [0.15, 0.2) is 5.78 Å². The molecular formula is C33H24N2O. The van der Waals surface area contributed by atoms with Gasteiger partial charge in [0.25, 0.3) is 5.70 Å². The van der Waals surface area contributed by atoms with Crippen LogP contribution >= 0.6 is 0 Å². The lowest BCUT2D eigenvalue weighted by atomic mass is 9.78. The fourth-order valence-electron chi connectivity index (χ4n) is 5.13. The number of nitriles is 1. The summed E-state index contributed by atoms with van der Waals surface area (Å²) in [5.41, 5.74) is 9.74. The average Bonchev–Trinajstić information content (AvgIpc) is 2.94. The van der Waals surface area contributed by atoms with Crippen molar-refractivity contribution in [2.45, 2.75) is 26.7 Å². The van der Waals surface area contributed by atoms with Gasteiger partial charge in [-0.2, -0.15) is 0 Å². The summed E-state index contributed by atoms with van der Waals surface area (Å²) < 4.78 is 0. The van der Waals surface area contributed by atoms with Gasteiger partial charge in [-0.1, -0.05) is 80.6 Å². The van der Waals surface area contributed by atoms with Crippen LogP contribution in [-0.4, -0.2) is 5.78 Å². The zero-order chi connectivity index (χ0) is 25.2. The number of nitrogens with zero attached hydrogens (tertiary/aromatic N) is 2. The fourth-order valence-corrected chi connectivity index (χ4v) is 5.13. The van der Waals surface area contributed by atoms with Crippen molar-refractivity contribution in [1.82, 2.24) is 0 Å². The van der Waals surface area contributed by atoms with Crippen molar-refractivity contribution in [1.29, 1.82) is 5.26 Å². The van der Waals surface area contributed by atoms with E-state index in [9.17, 15) is 10.1 Å². The van der Waals surface area contributed by atoms with E-state index in [0.717, 1.165) is 46.2 Å². The van der Waals surface area contributed by atoms with Crippen molar-refractivity contribution in [2.24, 2.45) is 0 Å². The topological polar surface area (TPSA) is 45.2 Å². The van der Waals surface area contributed by atoms with Crippen molar-refractivity contribution in [3.05, 3.63) is 124 Å². The summed E-state index contributed by atoms with van der Waals surface area (Å²) in [6.45, 7) is 11.8. The second-order valence-corrected chi connectivity index (χ2v) is 8.82. The molecule has 0 bridgehead atoms. The number of carbonyl (C=O) groups is 1. The largest absolute Gasteiger partial charge is 0.290 e. The Kier molecular flexibility index (Phi) is 6.07. The Bertz CT molecular complexity index is 1630. The highest BCUT2D eigenvalue weighted by molar-refractivity contribution is 6.35. The number of hydrogen-bond donors (Lipinski definition) is 0. The predicted molar refractivity (Wildman–Crippen MR) is 145 cm³/mol. The van der Waals surface area contributed by atoms with Crippen LogP contribution in [0.15, 0.2) is 90.6 Å². The summed E-state index contributed by atoms with van der Waals surface area (Å²) in [5.74, 6) is -0.276. The molecule has 36 heavy (non-hydrogen) atoms. The van der Waals surface area contributed by atoms with Crippen LogP contribution in [0.2, 0.25) is 0 Å². The van der Waals surface area contributed by atoms with E-state index in [1.807, 2.05) is 54.6 Å². The zero-order valence-electron chi connectivity index (χ0n) is 20.3. The quantitative estimate of drug-likeness (QED) is 0.174. The van der Waals surface area contributed by atoms with Crippen LogP contribution in [0.4, 0.5) is 0 Å². The van der Waals surface area contributed by atoms with Crippen molar-refractivity contribution in [3.8, 4) is 39.4 Å². The Morgan fingerprint density at radius 3 is 1.72 bits per heavy atom. The molecule has 5 rings (SSSR count). The minimum absolute atomic E-state index is 0.172. The molecule has 0 unspecified atom stereocenters. The van der Waals surface area contributed by atoms with E-state index in [1.165, 1.54) is 11.1 Å². The Morgan fingerprint density at radius 2 is 1.22 bits per heavy atom. The summed E-state index contributed by atoms with van der Waals surface area (Å²) >= 11 is 0. The predicted octanol–water partition coefficient (Wildman–Crippen LogP) is 8.16. The first-order valence-corrected chi connectivity index (χ1v) is 12.1. The van der Waals surface area contributed by atoms with Gasteiger partial charge < -0.3 is 0 Å². The van der Waals surface area contributed by atoms with Gasteiger partial charge in [-0.25, -0.2) is 10.1 Å². The van der Waals surface area contributed by atoms with Gasteiger partial charge in [0, 0.05) is 11.1 Å². The molecule has 0 radical (unpaired) electrons. The van der Waals surface area contributed by atoms with Gasteiger partial charge in [-0.15, -0.1) is 0 Å². The Morgan fingerprint density at radius 1 is 0.722 bits per heavy atom. The molecule has 0 atom stereocenters. The van der Waals surface area contributed by atoms with Crippen molar-refractivity contribution in [3.63, 3.8) is 0 Å². The van der Waals surface area contributed by atoms with Gasteiger partial charge in [-0.3, -0.25) is 4.79 Å². The molecule has 1 aliphatic rings. The third kappa shape index (κ3) is 3.72. The fraction of sp³-hybridized carbons (Fsp3) is 0.121. The molecule has 0 heterocycles. The summed E-state index contributed by atoms with van der Waals surface area (Å²) in [6.07, 6.45) is 1.81. The number of rotatable bonds is 4. The molecule has 0 amide bonds. The summed E-state index contributed by atoms with van der Waals surface area (Å²) in [6, 6.07) is 30.4. The lowest BCUT2D eigenvalue weighted by Crippen LogP contribution is -2.13. The third-order valence-corrected chi connectivity index (χ3v) is 6.94. The molecule has 172 valence electrons. The van der Waals surface area contributed by atoms with Crippen LogP contribution < -0.4 is 0 Å². The van der Waals surface area contributed by atoms with Crippen LogP contribution in [0.1, 0.15) is 40.9 Å². The number of benzene rings is 4. The summed E-state index contributed by atoms with van der Waals surface area (Å²) in [7, 11) is 0. The van der Waals surface area contributed by atoms with E-state index in [4.69, 9.17) is 6.57 Å². The van der Waals surface area contributed by atoms with E-state index in [0.29, 0.717) is 11.1 Å². The molecule has 0 aromatic heterocycles. The molecule has 0 saturated heterocycles. The monoisotopic (exact) mass is 464 g/mol. The molecule has 0 spiro atoms. The van der Waals surface area contributed by atoms with Crippen molar-refractivity contribution >= 4 is 11.4 Å². The first-order valence-electron chi connectivity index (χ1n) is 12.1. The lowest BCUT2D eigenvalue weighted by molar-refractivity contribution is 0.105. The van der Waals surface area contributed by atoms with E-state index in [-0.39, 0.29) is 17.1 Å². The molecule has 0 N–H and O–H groups in total. The minimum atomic E-state index is -0.276. The Hall–Kier alpha value is -4.73. The maximum Gasteiger partial charge on any atom is 0.273 e. The van der Waals surface area contributed by atoms with Crippen LogP contribution in [-0.2, 0) is 12.8 Å². The van der Waals surface area contributed by atoms with E-state index in [1.54, 1.807) is 0 Å². The van der Waals surface area contributed by atoms with E-state index >= 15 is 0 Å². The highest BCUT2D eigenvalue weighted by Crippen LogP contribution is 2.44. The number of hydrogen-bond acceptors (Lipinski definition) is 2. The van der Waals surface area contributed by atoms with E-state index in [2.05, 4.69) is 55.1 Å². The molecule has 0 aliphatic heterocycles. The first-order chi connectivity index (χ1) is 17.6. The van der Waals surface area contributed by atoms with Gasteiger partial charge in [0.05, 0.1) is 12.6 Å². The van der Waals surface area contributed by atoms with Gasteiger partial charge in [0.2, 0.25) is 0 Å². The maximum atomic E-state index is 13.6. The average molecular weight is 465 g/mol. The van der Waals surface area contributed by atoms with Crippen molar-refractivity contribution < 1.29 is 4.79 Å². The van der Waals surface area contributed by atoms with Crippen LogP contribution in [0, 0.1) is 17.9 Å². The van der Waals surface area contributed by atoms with Crippen LogP contribution in [0.25, 0.3) is 43.8 Å². The van der Waals surface area contributed by atoms with Gasteiger partial charge in [-0.05, 0) is 81.1 Å². The molecule has 4 aromatic carbocycles.